The Bertz CT molecular complexity index is 1030. The van der Waals surface area contributed by atoms with Gasteiger partial charge in [0.05, 0.1) is 5.36 Å². The smallest absolute Gasteiger partial charge is 0.155 e. The maximum Gasteiger partial charge on any atom is 0.155 e. The maximum absolute atomic E-state index is 8.17. The highest BCUT2D eigenvalue weighted by Gasteiger charge is 2.14. The number of benzene rings is 3. The van der Waals surface area contributed by atoms with E-state index in [9.17, 15) is 0 Å². The Kier molecular flexibility index (Phi) is 2.66. The van der Waals surface area contributed by atoms with Crippen LogP contribution in [-0.4, -0.2) is 19.1 Å². The zero-order valence-electron chi connectivity index (χ0n) is 12.4. The highest BCUT2D eigenvalue weighted by Crippen LogP contribution is 2.31. The summed E-state index contributed by atoms with van der Waals surface area (Å²) < 4.78 is 6.02. The molecule has 0 saturated heterocycles. The Hall–Kier alpha value is -2.88. The lowest BCUT2D eigenvalue weighted by molar-refractivity contribution is 0.613. The molecule has 1 aliphatic carbocycles. The van der Waals surface area contributed by atoms with Crippen molar-refractivity contribution in [2.75, 3.05) is 19.0 Å². The van der Waals surface area contributed by atoms with Crippen LogP contribution in [0.4, 0.5) is 5.69 Å². The minimum Gasteiger partial charge on any atom is -0.453 e. The fourth-order valence-corrected chi connectivity index (χ4v) is 2.72. The van der Waals surface area contributed by atoms with E-state index in [1.54, 1.807) is 6.07 Å². The molecule has 1 aliphatic heterocycles. The second-order valence-corrected chi connectivity index (χ2v) is 5.58. The van der Waals surface area contributed by atoms with Crippen LogP contribution in [0.1, 0.15) is 0 Å². The molecule has 0 atom stereocenters. The summed E-state index contributed by atoms with van der Waals surface area (Å²) in [5.41, 5.74) is 3.41. The van der Waals surface area contributed by atoms with Crippen LogP contribution in [0.2, 0.25) is 0 Å². The van der Waals surface area contributed by atoms with Gasteiger partial charge in [-0.1, -0.05) is 24.3 Å². The first-order valence-corrected chi connectivity index (χ1v) is 7.12. The van der Waals surface area contributed by atoms with Gasteiger partial charge in [0, 0.05) is 42.7 Å². The van der Waals surface area contributed by atoms with Crippen molar-refractivity contribution in [3.05, 3.63) is 53.9 Å². The van der Waals surface area contributed by atoms with E-state index in [1.165, 1.54) is 0 Å². The van der Waals surface area contributed by atoms with Crippen LogP contribution in [0.15, 0.2) is 52.9 Å². The van der Waals surface area contributed by atoms with E-state index in [1.807, 2.05) is 61.5 Å². The van der Waals surface area contributed by atoms with Crippen LogP contribution in [0, 0.1) is 5.41 Å². The number of aromatic nitrogens is 1. The molecule has 4 rings (SSSR count). The summed E-state index contributed by atoms with van der Waals surface area (Å²) in [6.07, 6.45) is 0. The topological polar surface area (TPSA) is 53.1 Å². The second-order valence-electron chi connectivity index (χ2n) is 5.58. The van der Waals surface area contributed by atoms with E-state index >= 15 is 0 Å². The molecule has 2 aromatic rings. The summed E-state index contributed by atoms with van der Waals surface area (Å²) in [6, 6.07) is 15.5. The van der Waals surface area contributed by atoms with Crippen molar-refractivity contribution in [1.29, 1.82) is 5.41 Å². The van der Waals surface area contributed by atoms with Gasteiger partial charge in [-0.05, 0) is 12.1 Å². The van der Waals surface area contributed by atoms with E-state index in [-0.39, 0.29) is 0 Å². The third kappa shape index (κ3) is 1.84. The van der Waals surface area contributed by atoms with Crippen molar-refractivity contribution in [1.82, 2.24) is 4.98 Å². The van der Waals surface area contributed by atoms with Gasteiger partial charge in [0.15, 0.2) is 11.3 Å². The van der Waals surface area contributed by atoms with Crippen molar-refractivity contribution in [3.8, 4) is 11.5 Å². The molecule has 0 spiro atoms. The molecule has 0 aromatic heterocycles. The maximum atomic E-state index is 8.17. The average molecular weight is 289 g/mol. The molecule has 1 heterocycles. The highest BCUT2D eigenvalue weighted by atomic mass is 16.3. The highest BCUT2D eigenvalue weighted by molar-refractivity contribution is 5.96. The molecule has 0 amide bonds. The Labute approximate surface area is 127 Å². The van der Waals surface area contributed by atoms with Gasteiger partial charge in [-0.25, -0.2) is 4.98 Å². The summed E-state index contributed by atoms with van der Waals surface area (Å²) in [5.74, 6) is 0.645. The molecule has 0 radical (unpaired) electrons. The molecule has 0 saturated carbocycles. The summed E-state index contributed by atoms with van der Waals surface area (Å²) in [7, 11) is 3.98. The van der Waals surface area contributed by atoms with Crippen molar-refractivity contribution in [2.45, 2.75) is 0 Å². The number of rotatable bonds is 1. The van der Waals surface area contributed by atoms with Crippen LogP contribution in [-0.2, 0) is 0 Å². The predicted octanol–water partition coefficient (Wildman–Crippen LogP) is 3.63. The quantitative estimate of drug-likeness (QED) is 0.430. The number of nitrogens with one attached hydrogen (secondary N) is 1. The Morgan fingerprint density at radius 2 is 1.77 bits per heavy atom. The molecular formula is C18H15N3O. The summed E-state index contributed by atoms with van der Waals surface area (Å²) in [5, 5.41) is 10.5. The summed E-state index contributed by atoms with van der Waals surface area (Å²) >= 11 is 0. The minimum absolute atomic E-state index is 0.455. The molecule has 4 nitrogen and oxygen atoms in total. The number of nitrogens with zero attached hydrogens (tertiary/aromatic N) is 2. The lowest BCUT2D eigenvalue weighted by Crippen LogP contribution is -2.08. The fraction of sp³-hybridized carbons (Fsp3) is 0.111. The number of anilines is 1. The zero-order valence-corrected chi connectivity index (χ0v) is 12.4. The minimum atomic E-state index is 0.455. The summed E-state index contributed by atoms with van der Waals surface area (Å²) in [6.45, 7) is 0. The van der Waals surface area contributed by atoms with E-state index in [2.05, 4.69) is 0 Å². The van der Waals surface area contributed by atoms with Gasteiger partial charge >= 0.3 is 0 Å². The van der Waals surface area contributed by atoms with Gasteiger partial charge in [-0.15, -0.1) is 0 Å². The molecule has 0 fully saturated rings. The molecule has 2 aliphatic rings. The molecule has 2 aromatic carbocycles. The molecule has 108 valence electrons. The fourth-order valence-electron chi connectivity index (χ4n) is 2.72. The van der Waals surface area contributed by atoms with Crippen LogP contribution in [0.25, 0.3) is 33.3 Å². The van der Waals surface area contributed by atoms with Crippen LogP contribution in [0.5, 0.6) is 0 Å². The number of fused-ring (bicyclic) bond motifs is 4. The van der Waals surface area contributed by atoms with Crippen LogP contribution >= 0.6 is 0 Å². The van der Waals surface area contributed by atoms with Gasteiger partial charge in [-0.3, -0.25) is 0 Å². The molecule has 0 bridgehead atoms. The number of hydrogen-bond donors (Lipinski definition) is 1. The molecule has 4 heteroatoms. The molecule has 22 heavy (non-hydrogen) atoms. The van der Waals surface area contributed by atoms with Crippen molar-refractivity contribution in [2.24, 2.45) is 0 Å². The Balaban J connectivity index is 2.13. The Morgan fingerprint density at radius 1 is 1.00 bits per heavy atom. The van der Waals surface area contributed by atoms with E-state index in [4.69, 9.17) is 14.8 Å². The normalized spacial score (nSPS) is 11.4. The van der Waals surface area contributed by atoms with Crippen LogP contribution < -0.4 is 10.3 Å². The third-order valence-corrected chi connectivity index (χ3v) is 3.89. The van der Waals surface area contributed by atoms with E-state index in [0.29, 0.717) is 11.1 Å². The average Bonchev–Trinajstić information content (AvgIpc) is 2.53. The first-order valence-electron chi connectivity index (χ1n) is 7.12. The monoisotopic (exact) mass is 289 g/mol. The standard InChI is InChI=1S/C18H15N3O/c1-21(2)11-7-8-15-16(9-11)22-17-10-14(19)12-5-3-4-6-13(12)18(17)20-15/h3-10,19H,1-2H3. The zero-order chi connectivity index (χ0) is 15.3. The largest absolute Gasteiger partial charge is 0.453 e. The van der Waals surface area contributed by atoms with Gasteiger partial charge < -0.3 is 14.7 Å². The van der Waals surface area contributed by atoms with Gasteiger partial charge in [0.1, 0.15) is 11.2 Å². The first kappa shape index (κ1) is 12.8. The van der Waals surface area contributed by atoms with E-state index < -0.39 is 0 Å². The Morgan fingerprint density at radius 3 is 2.55 bits per heavy atom. The molecular weight excluding hydrogens is 274 g/mol. The van der Waals surface area contributed by atoms with Crippen molar-refractivity contribution in [3.63, 3.8) is 0 Å². The van der Waals surface area contributed by atoms with Crippen molar-refractivity contribution >= 4 is 27.6 Å². The number of hydrogen-bond acceptors (Lipinski definition) is 4. The third-order valence-electron chi connectivity index (χ3n) is 3.89. The SMILES string of the molecule is CN(C)c1ccc2nc3c4ccccc4c(=N)cc-3oc2c1. The first-order chi connectivity index (χ1) is 10.6. The molecule has 0 unspecified atom stereocenters. The van der Waals surface area contributed by atoms with Crippen LogP contribution in [0.3, 0.4) is 0 Å². The van der Waals surface area contributed by atoms with Gasteiger partial charge in [0.25, 0.3) is 0 Å². The summed E-state index contributed by atoms with van der Waals surface area (Å²) in [4.78, 5) is 6.78. The van der Waals surface area contributed by atoms with Crippen molar-refractivity contribution < 1.29 is 4.42 Å². The predicted molar refractivity (Wildman–Crippen MR) is 88.3 cm³/mol. The van der Waals surface area contributed by atoms with E-state index in [0.717, 1.165) is 33.3 Å². The lowest BCUT2D eigenvalue weighted by atomic mass is 10.0. The molecule has 1 N–H and O–H groups in total. The van der Waals surface area contributed by atoms with Gasteiger partial charge in [-0.2, -0.15) is 0 Å². The van der Waals surface area contributed by atoms with Gasteiger partial charge in [0.2, 0.25) is 0 Å². The lowest BCUT2D eigenvalue weighted by Gasteiger charge is -2.14. The second kappa shape index (κ2) is 4.56.